The molecule has 0 unspecified atom stereocenters. The van der Waals surface area contributed by atoms with Crippen molar-refractivity contribution >= 4 is 5.91 Å². The number of aryl methyl sites for hydroxylation is 1. The van der Waals surface area contributed by atoms with E-state index < -0.39 is 0 Å². The fourth-order valence-electron chi connectivity index (χ4n) is 3.44. The zero-order valence-corrected chi connectivity index (χ0v) is 15.0. The van der Waals surface area contributed by atoms with Gasteiger partial charge in [-0.15, -0.1) is 0 Å². The summed E-state index contributed by atoms with van der Waals surface area (Å²) in [5.41, 5.74) is 1.68. The van der Waals surface area contributed by atoms with Gasteiger partial charge in [-0.3, -0.25) is 14.6 Å². The number of aliphatic hydroxyl groups excluding tert-OH is 1. The van der Waals surface area contributed by atoms with Crippen LogP contribution in [-0.4, -0.2) is 32.7 Å². The van der Waals surface area contributed by atoms with Gasteiger partial charge in [0.2, 0.25) is 5.91 Å². The Bertz CT molecular complexity index is 797. The van der Waals surface area contributed by atoms with Crippen LogP contribution in [0.25, 0.3) is 0 Å². The van der Waals surface area contributed by atoms with E-state index in [1.54, 1.807) is 16.8 Å². The van der Waals surface area contributed by atoms with Crippen LogP contribution in [0.1, 0.15) is 30.7 Å². The van der Waals surface area contributed by atoms with Gasteiger partial charge >= 0.3 is 0 Å². The molecule has 1 aliphatic carbocycles. The highest BCUT2D eigenvalue weighted by Crippen LogP contribution is 2.31. The Hall–Kier alpha value is -2.47. The summed E-state index contributed by atoms with van der Waals surface area (Å²) in [4.78, 5) is 28.7. The van der Waals surface area contributed by atoms with Crippen molar-refractivity contribution in [3.05, 3.63) is 64.3 Å². The van der Waals surface area contributed by atoms with E-state index in [-0.39, 0.29) is 36.0 Å². The lowest BCUT2D eigenvalue weighted by atomic mass is 9.76. The molecule has 2 heterocycles. The molecule has 2 aromatic rings. The van der Waals surface area contributed by atoms with Crippen LogP contribution in [0.4, 0.5) is 0 Å². The lowest BCUT2D eigenvalue weighted by Gasteiger charge is -2.38. The van der Waals surface area contributed by atoms with Gasteiger partial charge in [-0.05, 0) is 43.9 Å². The third-order valence-electron chi connectivity index (χ3n) is 5.05. The largest absolute Gasteiger partial charge is 0.393 e. The number of aliphatic hydroxyl groups is 1. The molecule has 0 bridgehead atoms. The molecule has 2 N–H and O–H groups in total. The Morgan fingerprint density at radius 1 is 1.31 bits per heavy atom. The van der Waals surface area contributed by atoms with Crippen LogP contribution < -0.4 is 10.9 Å². The van der Waals surface area contributed by atoms with Gasteiger partial charge in [0.15, 0.2) is 0 Å². The first-order valence-corrected chi connectivity index (χ1v) is 9.06. The molecule has 3 rings (SSSR count). The highest BCUT2D eigenvalue weighted by atomic mass is 16.3. The Kier molecular flexibility index (Phi) is 5.83. The predicted octanol–water partition coefficient (Wildman–Crippen LogP) is 1.44. The SMILES string of the molecule is Cc1cccc(=O)n1CCC(=O)N[C@@H](Cc1ccccn1)C1CC(O)C1. The lowest BCUT2D eigenvalue weighted by Crippen LogP contribution is -2.48. The van der Waals surface area contributed by atoms with Crippen LogP contribution >= 0.6 is 0 Å². The van der Waals surface area contributed by atoms with Crippen molar-refractivity contribution in [1.29, 1.82) is 0 Å². The molecule has 6 nitrogen and oxygen atoms in total. The van der Waals surface area contributed by atoms with Crippen molar-refractivity contribution in [2.75, 3.05) is 0 Å². The number of carbonyl (C=O) groups excluding carboxylic acids is 1. The quantitative estimate of drug-likeness (QED) is 0.787. The summed E-state index contributed by atoms with van der Waals surface area (Å²) >= 11 is 0. The zero-order valence-electron chi connectivity index (χ0n) is 15.0. The Morgan fingerprint density at radius 3 is 2.77 bits per heavy atom. The second kappa shape index (κ2) is 8.27. The van der Waals surface area contributed by atoms with Crippen LogP contribution in [-0.2, 0) is 17.8 Å². The van der Waals surface area contributed by atoms with E-state index in [9.17, 15) is 14.7 Å². The number of pyridine rings is 2. The van der Waals surface area contributed by atoms with Gasteiger partial charge in [0.25, 0.3) is 5.56 Å². The van der Waals surface area contributed by atoms with Gasteiger partial charge in [0.1, 0.15) is 0 Å². The van der Waals surface area contributed by atoms with E-state index in [0.29, 0.717) is 25.8 Å². The van der Waals surface area contributed by atoms with Crippen LogP contribution in [0.15, 0.2) is 47.4 Å². The normalized spacial score (nSPS) is 20.2. The van der Waals surface area contributed by atoms with Crippen molar-refractivity contribution in [3.8, 4) is 0 Å². The fourth-order valence-corrected chi connectivity index (χ4v) is 3.44. The molecule has 6 heteroatoms. The number of aromatic nitrogens is 2. The molecule has 138 valence electrons. The maximum Gasteiger partial charge on any atom is 0.250 e. The molecule has 0 saturated heterocycles. The molecule has 0 aliphatic heterocycles. The average Bonchev–Trinajstić information content (AvgIpc) is 2.59. The average molecular weight is 355 g/mol. The van der Waals surface area contributed by atoms with Gasteiger partial charge in [-0.25, -0.2) is 0 Å². The Balaban J connectivity index is 1.61. The minimum absolute atomic E-state index is 0.0469. The second-order valence-corrected chi connectivity index (χ2v) is 6.99. The first kappa shape index (κ1) is 18.3. The van der Waals surface area contributed by atoms with Crippen LogP contribution in [0.3, 0.4) is 0 Å². The summed E-state index contributed by atoms with van der Waals surface area (Å²) < 4.78 is 1.61. The highest BCUT2D eigenvalue weighted by molar-refractivity contribution is 5.76. The number of rotatable bonds is 7. The van der Waals surface area contributed by atoms with Crippen molar-refractivity contribution in [2.45, 2.75) is 51.3 Å². The van der Waals surface area contributed by atoms with Gasteiger partial charge in [-0.2, -0.15) is 0 Å². The molecule has 0 radical (unpaired) electrons. The molecule has 0 aromatic carbocycles. The summed E-state index contributed by atoms with van der Waals surface area (Å²) in [7, 11) is 0. The molecule has 1 atom stereocenters. The van der Waals surface area contributed by atoms with Crippen LogP contribution in [0, 0.1) is 12.8 Å². The highest BCUT2D eigenvalue weighted by Gasteiger charge is 2.34. The monoisotopic (exact) mass is 355 g/mol. The van der Waals surface area contributed by atoms with E-state index in [4.69, 9.17) is 0 Å². The minimum atomic E-state index is -0.270. The predicted molar refractivity (Wildman–Crippen MR) is 98.7 cm³/mol. The molecule has 1 amide bonds. The van der Waals surface area contributed by atoms with Crippen molar-refractivity contribution in [2.24, 2.45) is 5.92 Å². The Morgan fingerprint density at radius 2 is 2.12 bits per heavy atom. The fraction of sp³-hybridized carbons (Fsp3) is 0.450. The second-order valence-electron chi connectivity index (χ2n) is 6.99. The summed E-state index contributed by atoms with van der Waals surface area (Å²) in [5, 5.41) is 12.7. The molecular weight excluding hydrogens is 330 g/mol. The lowest BCUT2D eigenvalue weighted by molar-refractivity contribution is -0.123. The van der Waals surface area contributed by atoms with E-state index in [0.717, 1.165) is 11.4 Å². The number of nitrogens with one attached hydrogen (secondary N) is 1. The van der Waals surface area contributed by atoms with Crippen LogP contribution in [0.2, 0.25) is 0 Å². The van der Waals surface area contributed by atoms with E-state index in [1.165, 1.54) is 6.07 Å². The van der Waals surface area contributed by atoms with E-state index >= 15 is 0 Å². The molecule has 26 heavy (non-hydrogen) atoms. The van der Waals surface area contributed by atoms with Crippen molar-refractivity contribution in [1.82, 2.24) is 14.9 Å². The summed E-state index contributed by atoms with van der Waals surface area (Å²) in [6.07, 6.45) is 3.78. The molecule has 1 saturated carbocycles. The minimum Gasteiger partial charge on any atom is -0.393 e. The van der Waals surface area contributed by atoms with Gasteiger partial charge in [0.05, 0.1) is 6.10 Å². The van der Waals surface area contributed by atoms with E-state index in [1.807, 2.05) is 31.2 Å². The van der Waals surface area contributed by atoms with Gasteiger partial charge in [-0.1, -0.05) is 12.1 Å². The first-order chi connectivity index (χ1) is 12.5. The Labute approximate surface area is 152 Å². The number of hydrogen-bond acceptors (Lipinski definition) is 4. The molecular formula is C20H25N3O3. The zero-order chi connectivity index (χ0) is 18.5. The molecule has 1 fully saturated rings. The van der Waals surface area contributed by atoms with Gasteiger partial charge < -0.3 is 15.0 Å². The smallest absolute Gasteiger partial charge is 0.250 e. The third-order valence-corrected chi connectivity index (χ3v) is 5.05. The van der Waals surface area contributed by atoms with Crippen molar-refractivity contribution < 1.29 is 9.90 Å². The maximum atomic E-state index is 12.5. The number of hydrogen-bond donors (Lipinski definition) is 2. The number of carbonyl (C=O) groups is 1. The summed E-state index contributed by atoms with van der Waals surface area (Å²) in [6.45, 7) is 2.22. The van der Waals surface area contributed by atoms with Crippen LogP contribution in [0.5, 0.6) is 0 Å². The first-order valence-electron chi connectivity index (χ1n) is 9.06. The number of nitrogens with zero attached hydrogens (tertiary/aromatic N) is 2. The topological polar surface area (TPSA) is 84.2 Å². The maximum absolute atomic E-state index is 12.5. The molecule has 0 spiro atoms. The summed E-state index contributed by atoms with van der Waals surface area (Å²) in [6, 6.07) is 10.8. The van der Waals surface area contributed by atoms with Gasteiger partial charge in [0, 0.05) is 49.1 Å². The number of amides is 1. The molecule has 1 aliphatic rings. The van der Waals surface area contributed by atoms with Crippen molar-refractivity contribution in [3.63, 3.8) is 0 Å². The molecule has 2 aromatic heterocycles. The van der Waals surface area contributed by atoms with E-state index in [2.05, 4.69) is 10.3 Å². The summed E-state index contributed by atoms with van der Waals surface area (Å²) in [5.74, 6) is 0.180. The standard InChI is InChI=1S/C20H25N3O3/c1-14-5-4-7-20(26)23(14)10-8-19(25)22-18(15-11-17(24)12-15)13-16-6-2-3-9-21-16/h2-7,9,15,17-18,24H,8,10-13H2,1H3,(H,22,25)/t15?,17?,18-/m0/s1. The third kappa shape index (κ3) is 4.58.